The molecule has 108 valence electrons. The molecular weight excluding hydrogens is 264 g/mol. The smallest absolute Gasteiger partial charge is 0.245 e. The molecule has 0 aromatic carbocycles. The molecule has 0 aliphatic rings. The first-order valence-electron chi connectivity index (χ1n) is 6.54. The number of rotatable bonds is 8. The molecule has 1 aromatic heterocycles. The molecule has 1 aromatic rings. The van der Waals surface area contributed by atoms with E-state index in [-0.39, 0.29) is 4.90 Å². The molecule has 1 rings (SSSR count). The van der Waals surface area contributed by atoms with Crippen molar-refractivity contribution in [3.05, 3.63) is 12.4 Å². The van der Waals surface area contributed by atoms with Crippen LogP contribution in [0.2, 0.25) is 0 Å². The van der Waals surface area contributed by atoms with Crippen LogP contribution in [-0.4, -0.2) is 42.8 Å². The number of aromatic nitrogens is 2. The lowest BCUT2D eigenvalue weighted by molar-refractivity contribution is 0.454. The van der Waals surface area contributed by atoms with Crippen molar-refractivity contribution < 1.29 is 8.42 Å². The Morgan fingerprint density at radius 1 is 1.21 bits per heavy atom. The number of unbranched alkanes of at least 4 members (excludes halogenated alkanes) is 2. The van der Waals surface area contributed by atoms with Gasteiger partial charge in [0.05, 0.1) is 12.4 Å². The van der Waals surface area contributed by atoms with Crippen LogP contribution in [0.4, 0.5) is 5.95 Å². The SMILES string of the molecule is CCCCCN(C)S(=O)(=O)c1cnc(NCC)nc1. The van der Waals surface area contributed by atoms with E-state index in [9.17, 15) is 8.42 Å². The van der Waals surface area contributed by atoms with E-state index in [1.807, 2.05) is 6.92 Å². The fraction of sp³-hybridized carbons (Fsp3) is 0.667. The van der Waals surface area contributed by atoms with E-state index in [2.05, 4.69) is 22.2 Å². The van der Waals surface area contributed by atoms with Crippen LogP contribution in [0.3, 0.4) is 0 Å². The summed E-state index contributed by atoms with van der Waals surface area (Å²) < 4.78 is 25.8. The highest BCUT2D eigenvalue weighted by Crippen LogP contribution is 2.13. The molecule has 0 unspecified atom stereocenters. The van der Waals surface area contributed by atoms with Crippen molar-refractivity contribution in [2.75, 3.05) is 25.5 Å². The van der Waals surface area contributed by atoms with E-state index in [0.717, 1.165) is 19.3 Å². The minimum Gasteiger partial charge on any atom is -0.355 e. The molecule has 0 radical (unpaired) electrons. The van der Waals surface area contributed by atoms with Gasteiger partial charge in [-0.3, -0.25) is 0 Å². The molecule has 19 heavy (non-hydrogen) atoms. The number of hydrogen-bond acceptors (Lipinski definition) is 5. The second kappa shape index (κ2) is 7.40. The van der Waals surface area contributed by atoms with Crippen molar-refractivity contribution in [2.24, 2.45) is 0 Å². The lowest BCUT2D eigenvalue weighted by Crippen LogP contribution is -2.28. The fourth-order valence-corrected chi connectivity index (χ4v) is 2.68. The van der Waals surface area contributed by atoms with Gasteiger partial charge in [-0.25, -0.2) is 22.7 Å². The summed E-state index contributed by atoms with van der Waals surface area (Å²) >= 11 is 0. The summed E-state index contributed by atoms with van der Waals surface area (Å²) in [7, 11) is -1.88. The van der Waals surface area contributed by atoms with Gasteiger partial charge in [0, 0.05) is 20.1 Å². The number of nitrogens with one attached hydrogen (secondary N) is 1. The number of sulfonamides is 1. The summed E-state index contributed by atoms with van der Waals surface area (Å²) in [6.45, 7) is 5.23. The molecule has 0 saturated heterocycles. The molecule has 1 N–H and O–H groups in total. The Morgan fingerprint density at radius 2 is 1.84 bits per heavy atom. The highest BCUT2D eigenvalue weighted by Gasteiger charge is 2.21. The van der Waals surface area contributed by atoms with Crippen LogP contribution in [0.25, 0.3) is 0 Å². The van der Waals surface area contributed by atoms with Gasteiger partial charge in [-0.2, -0.15) is 0 Å². The van der Waals surface area contributed by atoms with Gasteiger partial charge in [0.2, 0.25) is 16.0 Å². The number of anilines is 1. The van der Waals surface area contributed by atoms with Gasteiger partial charge in [-0.15, -0.1) is 0 Å². The summed E-state index contributed by atoms with van der Waals surface area (Å²) in [5, 5.41) is 2.93. The Labute approximate surface area is 115 Å². The zero-order valence-corrected chi connectivity index (χ0v) is 12.6. The summed E-state index contributed by atoms with van der Waals surface area (Å²) in [6.07, 6.45) is 5.64. The fourth-order valence-electron chi connectivity index (χ4n) is 1.58. The van der Waals surface area contributed by atoms with E-state index in [0.29, 0.717) is 19.0 Å². The zero-order valence-electron chi connectivity index (χ0n) is 11.8. The summed E-state index contributed by atoms with van der Waals surface area (Å²) in [5.41, 5.74) is 0. The Bertz CT molecular complexity index is 473. The maximum Gasteiger partial charge on any atom is 0.245 e. The zero-order chi connectivity index (χ0) is 14.3. The molecule has 0 spiro atoms. The average molecular weight is 286 g/mol. The summed E-state index contributed by atoms with van der Waals surface area (Å²) in [6, 6.07) is 0. The number of nitrogens with zero attached hydrogens (tertiary/aromatic N) is 3. The maximum absolute atomic E-state index is 12.2. The quantitative estimate of drug-likeness (QED) is 0.736. The van der Waals surface area contributed by atoms with Gasteiger partial charge in [0.1, 0.15) is 4.90 Å². The molecule has 0 aliphatic carbocycles. The van der Waals surface area contributed by atoms with Gasteiger partial charge < -0.3 is 5.32 Å². The Balaban J connectivity index is 2.75. The molecule has 0 atom stereocenters. The third kappa shape index (κ3) is 4.43. The van der Waals surface area contributed by atoms with E-state index in [4.69, 9.17) is 0 Å². The lowest BCUT2D eigenvalue weighted by atomic mass is 10.2. The monoisotopic (exact) mass is 286 g/mol. The third-order valence-corrected chi connectivity index (χ3v) is 4.56. The van der Waals surface area contributed by atoms with Crippen LogP contribution in [0.1, 0.15) is 33.1 Å². The van der Waals surface area contributed by atoms with E-state index < -0.39 is 10.0 Å². The molecule has 1 heterocycles. The molecule has 0 aliphatic heterocycles. The van der Waals surface area contributed by atoms with Gasteiger partial charge >= 0.3 is 0 Å². The Hall–Kier alpha value is -1.21. The molecule has 0 saturated carbocycles. The predicted molar refractivity (Wildman–Crippen MR) is 75.5 cm³/mol. The van der Waals surface area contributed by atoms with E-state index in [1.165, 1.54) is 16.7 Å². The largest absolute Gasteiger partial charge is 0.355 e. The third-order valence-electron chi connectivity index (χ3n) is 2.75. The average Bonchev–Trinajstić information content (AvgIpc) is 2.40. The minimum atomic E-state index is -3.47. The number of hydrogen-bond donors (Lipinski definition) is 1. The second-order valence-corrected chi connectivity index (χ2v) is 6.35. The highest BCUT2D eigenvalue weighted by molar-refractivity contribution is 7.89. The molecular formula is C12H22N4O2S. The predicted octanol–water partition coefficient (Wildman–Crippen LogP) is 1.72. The van der Waals surface area contributed by atoms with Crippen LogP contribution < -0.4 is 5.32 Å². The van der Waals surface area contributed by atoms with Crippen LogP contribution in [0, 0.1) is 0 Å². The molecule has 7 heteroatoms. The molecule has 0 fully saturated rings. The lowest BCUT2D eigenvalue weighted by Gasteiger charge is -2.16. The minimum absolute atomic E-state index is 0.133. The molecule has 0 amide bonds. The summed E-state index contributed by atoms with van der Waals surface area (Å²) in [4.78, 5) is 8.10. The van der Waals surface area contributed by atoms with Crippen molar-refractivity contribution in [3.63, 3.8) is 0 Å². The van der Waals surface area contributed by atoms with Gasteiger partial charge in [0.15, 0.2) is 0 Å². The van der Waals surface area contributed by atoms with Crippen LogP contribution >= 0.6 is 0 Å². The Morgan fingerprint density at radius 3 is 2.37 bits per heavy atom. The standard InChI is InChI=1S/C12H22N4O2S/c1-4-6-7-8-16(3)19(17,18)11-9-14-12(13-5-2)15-10-11/h9-10H,4-8H2,1-3H3,(H,13,14,15). The first kappa shape index (κ1) is 15.8. The summed E-state index contributed by atoms with van der Waals surface area (Å²) in [5.74, 6) is 0.440. The Kier molecular flexibility index (Phi) is 6.17. The van der Waals surface area contributed by atoms with Crippen molar-refractivity contribution in [1.82, 2.24) is 14.3 Å². The van der Waals surface area contributed by atoms with Crippen LogP contribution in [-0.2, 0) is 10.0 Å². The maximum atomic E-state index is 12.2. The van der Waals surface area contributed by atoms with E-state index in [1.54, 1.807) is 7.05 Å². The van der Waals surface area contributed by atoms with Crippen molar-refractivity contribution in [3.8, 4) is 0 Å². The second-order valence-electron chi connectivity index (χ2n) is 4.31. The normalized spacial score (nSPS) is 11.8. The van der Waals surface area contributed by atoms with Gasteiger partial charge in [-0.1, -0.05) is 19.8 Å². The van der Waals surface area contributed by atoms with Crippen molar-refractivity contribution >= 4 is 16.0 Å². The van der Waals surface area contributed by atoms with Crippen LogP contribution in [0.5, 0.6) is 0 Å². The van der Waals surface area contributed by atoms with Crippen LogP contribution in [0.15, 0.2) is 17.3 Å². The first-order valence-corrected chi connectivity index (χ1v) is 7.98. The van der Waals surface area contributed by atoms with Crippen molar-refractivity contribution in [1.29, 1.82) is 0 Å². The first-order chi connectivity index (χ1) is 9.02. The highest BCUT2D eigenvalue weighted by atomic mass is 32.2. The topological polar surface area (TPSA) is 75.2 Å². The van der Waals surface area contributed by atoms with Gasteiger partial charge in [0.25, 0.3) is 0 Å². The van der Waals surface area contributed by atoms with E-state index >= 15 is 0 Å². The van der Waals surface area contributed by atoms with Gasteiger partial charge in [-0.05, 0) is 13.3 Å². The molecule has 6 nitrogen and oxygen atoms in total. The van der Waals surface area contributed by atoms with Crippen molar-refractivity contribution in [2.45, 2.75) is 38.0 Å². The molecule has 0 bridgehead atoms.